The number of para-hydroxylation sites is 2. The summed E-state index contributed by atoms with van der Waals surface area (Å²) in [5, 5.41) is 0.787. The number of fused-ring (bicyclic) bond motifs is 20. The topological polar surface area (TPSA) is 30.2 Å². The van der Waals surface area contributed by atoms with E-state index in [2.05, 4.69) is 220 Å². The van der Waals surface area contributed by atoms with Crippen LogP contribution in [0.2, 0.25) is 0 Å². The summed E-state index contributed by atoms with van der Waals surface area (Å²) in [6.07, 6.45) is 0. The fourth-order valence-corrected chi connectivity index (χ4v) is 16.3. The summed E-state index contributed by atoms with van der Waals surface area (Å²) in [6.45, 7) is -0.264. The Bertz CT molecular complexity index is 4300. The van der Waals surface area contributed by atoms with Crippen molar-refractivity contribution in [2.45, 2.75) is 22.7 Å². The molecule has 5 heteroatoms. The molecule has 1 aromatic heterocycles. The predicted octanol–water partition coefficient (Wildman–Crippen LogP) is 11.9. The molecule has 5 aliphatic carbocycles. The summed E-state index contributed by atoms with van der Waals surface area (Å²) < 4.78 is 4.48. The molecule has 0 unspecified atom stereocenters. The number of nitrogens with zero attached hydrogens (tertiary/aromatic N) is 3. The Morgan fingerprint density at radius 3 is 1.34 bits per heavy atom. The van der Waals surface area contributed by atoms with E-state index < -0.39 is 10.8 Å². The SMILES string of the molecule is O=c1c2cc3c(cc2n2n1-c1ccc4c5c1B2c1cccc2c1N5c1c(cccc1C41c4ccccc4-c4ccccc41)C21c2ccccc2-c2ccccc21)C1c2ccccc2C3c2ccccc21. The van der Waals surface area contributed by atoms with E-state index >= 15 is 4.79 Å². The molecule has 0 atom stereocenters. The van der Waals surface area contributed by atoms with Crippen molar-refractivity contribution in [2.24, 2.45) is 0 Å². The maximum Gasteiger partial charge on any atom is 0.353 e. The van der Waals surface area contributed by atoms with Crippen LogP contribution in [0.1, 0.15) is 89.7 Å². The highest BCUT2D eigenvalue weighted by Crippen LogP contribution is 2.70. The zero-order valence-electron chi connectivity index (χ0n) is 37.6. The second-order valence-electron chi connectivity index (χ2n) is 20.8. The third-order valence-corrected chi connectivity index (χ3v) is 18.5. The third-order valence-electron chi connectivity index (χ3n) is 18.5. The van der Waals surface area contributed by atoms with Crippen LogP contribution in [0, 0.1) is 0 Å². The monoisotopic (exact) mass is 885 g/mol. The van der Waals surface area contributed by atoms with Gasteiger partial charge in [0.2, 0.25) is 0 Å². The van der Waals surface area contributed by atoms with Crippen molar-refractivity contribution in [2.75, 3.05) is 4.90 Å². The molecule has 4 nitrogen and oxygen atoms in total. The van der Waals surface area contributed by atoms with Crippen LogP contribution in [0.4, 0.5) is 17.1 Å². The van der Waals surface area contributed by atoms with Gasteiger partial charge in [-0.2, -0.15) is 0 Å². The highest BCUT2D eigenvalue weighted by atomic mass is 16.1. The van der Waals surface area contributed by atoms with E-state index in [0.717, 1.165) is 16.6 Å². The van der Waals surface area contributed by atoms with Crippen LogP contribution in [0.3, 0.4) is 0 Å². The Hall–Kier alpha value is -8.67. The lowest BCUT2D eigenvalue weighted by atomic mass is 9.45. The van der Waals surface area contributed by atoms with E-state index in [1.807, 2.05) is 0 Å². The summed E-state index contributed by atoms with van der Waals surface area (Å²) in [7, 11) is 0. The first-order valence-electron chi connectivity index (χ1n) is 24.8. The summed E-state index contributed by atoms with van der Waals surface area (Å²) in [6, 6.07) is 78.3. The molecule has 4 aliphatic heterocycles. The largest absolute Gasteiger partial charge is 0.353 e. The summed E-state index contributed by atoms with van der Waals surface area (Å²) in [5.41, 5.74) is 30.5. The number of rotatable bonds is 0. The van der Waals surface area contributed by atoms with Crippen molar-refractivity contribution in [1.82, 2.24) is 9.27 Å². The lowest BCUT2D eigenvalue weighted by molar-refractivity contribution is 0.709. The van der Waals surface area contributed by atoms with Gasteiger partial charge in [0, 0.05) is 23.0 Å². The maximum absolute atomic E-state index is 15.8. The van der Waals surface area contributed by atoms with Gasteiger partial charge in [-0.25, -0.2) is 4.68 Å². The Labute approximate surface area is 403 Å². The Morgan fingerprint density at radius 2 is 0.814 bits per heavy atom. The highest BCUT2D eigenvalue weighted by molar-refractivity contribution is 6.89. The molecule has 0 radical (unpaired) electrons. The molecule has 10 aromatic carbocycles. The van der Waals surface area contributed by atoms with Crippen molar-refractivity contribution < 1.29 is 0 Å². The van der Waals surface area contributed by atoms with Crippen molar-refractivity contribution in [1.29, 1.82) is 0 Å². The first kappa shape index (κ1) is 35.5. The molecule has 0 N–H and O–H groups in total. The minimum atomic E-state index is -0.629. The van der Waals surface area contributed by atoms with Crippen LogP contribution in [-0.2, 0) is 10.8 Å². The van der Waals surface area contributed by atoms with Gasteiger partial charge in [0.05, 0.1) is 38.8 Å². The number of aromatic nitrogens is 2. The molecular formula is C65H36BN3O. The van der Waals surface area contributed by atoms with Gasteiger partial charge in [-0.1, -0.05) is 188 Å². The van der Waals surface area contributed by atoms with Crippen LogP contribution in [-0.4, -0.2) is 16.1 Å². The minimum Gasteiger partial charge on any atom is -0.310 e. The molecule has 20 rings (SSSR count). The highest BCUT2D eigenvalue weighted by Gasteiger charge is 2.62. The molecular weight excluding hydrogens is 850 g/mol. The number of hydrogen-bond donors (Lipinski definition) is 0. The predicted molar refractivity (Wildman–Crippen MR) is 279 cm³/mol. The van der Waals surface area contributed by atoms with Gasteiger partial charge in [0.25, 0.3) is 5.56 Å². The van der Waals surface area contributed by atoms with Gasteiger partial charge in [-0.15, -0.1) is 0 Å². The van der Waals surface area contributed by atoms with Gasteiger partial charge in [0.1, 0.15) is 0 Å². The second-order valence-corrected chi connectivity index (χ2v) is 20.8. The van der Waals surface area contributed by atoms with Crippen molar-refractivity contribution in [3.63, 3.8) is 0 Å². The van der Waals surface area contributed by atoms with Gasteiger partial charge >= 0.3 is 6.85 Å². The van der Waals surface area contributed by atoms with Crippen LogP contribution in [0.25, 0.3) is 38.8 Å². The molecule has 70 heavy (non-hydrogen) atoms. The van der Waals surface area contributed by atoms with Gasteiger partial charge in [-0.3, -0.25) is 4.79 Å². The van der Waals surface area contributed by atoms with Crippen LogP contribution >= 0.6 is 0 Å². The third kappa shape index (κ3) is 3.44. The van der Waals surface area contributed by atoms with E-state index in [0.29, 0.717) is 0 Å². The van der Waals surface area contributed by atoms with Crippen LogP contribution in [0.15, 0.2) is 211 Å². The maximum atomic E-state index is 15.8. The van der Waals surface area contributed by atoms with Gasteiger partial charge in [-0.05, 0) is 124 Å². The summed E-state index contributed by atoms with van der Waals surface area (Å²) in [5.74, 6) is 0.168. The van der Waals surface area contributed by atoms with Crippen LogP contribution < -0.4 is 21.4 Å². The molecule has 0 saturated carbocycles. The average Bonchev–Trinajstić information content (AvgIpc) is 4.11. The Morgan fingerprint density at radius 1 is 0.386 bits per heavy atom. The van der Waals surface area contributed by atoms with Gasteiger partial charge in [0.15, 0.2) is 0 Å². The van der Waals surface area contributed by atoms with E-state index in [-0.39, 0.29) is 24.2 Å². The Kier molecular flexibility index (Phi) is 5.79. The second kappa shape index (κ2) is 11.4. The first-order chi connectivity index (χ1) is 34.7. The molecule has 2 bridgehead atoms. The molecule has 320 valence electrons. The average molecular weight is 886 g/mol. The normalized spacial score (nSPS) is 18.2. The minimum absolute atomic E-state index is 0.0452. The molecule has 0 amide bonds. The van der Waals surface area contributed by atoms with E-state index in [1.54, 1.807) is 0 Å². The van der Waals surface area contributed by atoms with Crippen molar-refractivity contribution in [3.05, 3.63) is 294 Å². The summed E-state index contributed by atoms with van der Waals surface area (Å²) >= 11 is 0. The smallest absolute Gasteiger partial charge is 0.310 e. The zero-order valence-corrected chi connectivity index (χ0v) is 37.6. The molecule has 0 saturated heterocycles. The fraction of sp³-hybridized carbons (Fsp3) is 0.0615. The van der Waals surface area contributed by atoms with Crippen molar-refractivity contribution in [3.8, 4) is 27.9 Å². The van der Waals surface area contributed by atoms with Crippen LogP contribution in [0.5, 0.6) is 0 Å². The van der Waals surface area contributed by atoms with E-state index in [9.17, 15) is 0 Å². The number of anilines is 3. The zero-order chi connectivity index (χ0) is 45.1. The number of benzene rings is 10. The number of hydrogen-bond acceptors (Lipinski definition) is 2. The van der Waals surface area contributed by atoms with Gasteiger partial charge < -0.3 is 9.49 Å². The lowest BCUT2D eigenvalue weighted by Crippen LogP contribution is -2.57. The fourth-order valence-electron chi connectivity index (χ4n) is 16.3. The standard InChI is InChI=1S/C65H36BN3O/c70-63-45-33-43-44(58-41-21-3-1-19-39(41)57(43)40-20-2-4-22-42(40)58)34-56(45)69-66-54-30-14-29-52-61(54)67-60-50(64(52)46-23-9-5-15-35(46)36-16-6-10-24-47(36)64)27-13-28-51(60)65(53-31-32-55(68(63)69)59(66)62(53)67)48-25-11-7-17-37(48)38-18-8-12-26-49(38)65/h1-34,57-58H. The lowest BCUT2D eigenvalue weighted by Gasteiger charge is -2.54. The summed E-state index contributed by atoms with van der Waals surface area (Å²) in [4.78, 5) is 18.5. The van der Waals surface area contributed by atoms with E-state index in [4.69, 9.17) is 0 Å². The molecule has 9 aliphatic rings. The quantitative estimate of drug-likeness (QED) is 0.142. The molecule has 0 fully saturated rings. The molecule has 5 heterocycles. The molecule has 2 spiro atoms. The van der Waals surface area contributed by atoms with Crippen molar-refractivity contribution >= 4 is 45.7 Å². The molecule has 11 aromatic rings. The first-order valence-corrected chi connectivity index (χ1v) is 24.8. The van der Waals surface area contributed by atoms with E-state index in [1.165, 1.54) is 128 Å². The Balaban J connectivity index is 0.991.